The zero-order valence-corrected chi connectivity index (χ0v) is 17.1. The fraction of sp³-hybridized carbons (Fsp3) is 0.316. The molecule has 0 saturated carbocycles. The summed E-state index contributed by atoms with van der Waals surface area (Å²) in [5.41, 5.74) is 0.0213. The minimum absolute atomic E-state index is 0.0213. The van der Waals surface area contributed by atoms with E-state index in [0.717, 1.165) is 0 Å². The minimum atomic E-state index is -3.70. The van der Waals surface area contributed by atoms with Crippen molar-refractivity contribution in [3.05, 3.63) is 54.0 Å². The molecule has 160 valence electrons. The Morgan fingerprint density at radius 3 is 2.40 bits per heavy atom. The fourth-order valence-corrected chi connectivity index (χ4v) is 3.70. The lowest BCUT2D eigenvalue weighted by Gasteiger charge is -2.34. The first-order valence-electron chi connectivity index (χ1n) is 9.13. The molecule has 1 aromatic carbocycles. The molecule has 10 nitrogen and oxygen atoms in total. The monoisotopic (exact) mass is 435 g/mol. The predicted octanol–water partition coefficient (Wildman–Crippen LogP) is 0.329. The van der Waals surface area contributed by atoms with Crippen molar-refractivity contribution in [1.29, 1.82) is 0 Å². The average molecular weight is 435 g/mol. The predicted molar refractivity (Wildman–Crippen MR) is 104 cm³/mol. The van der Waals surface area contributed by atoms with Crippen molar-refractivity contribution in [3.8, 4) is 0 Å². The summed E-state index contributed by atoms with van der Waals surface area (Å²) in [7, 11) is -2.44. The second kappa shape index (κ2) is 9.09. The minimum Gasteiger partial charge on any atom is -0.459 e. The van der Waals surface area contributed by atoms with E-state index in [1.54, 1.807) is 17.0 Å². The molecule has 0 spiro atoms. The molecule has 1 aliphatic heterocycles. The van der Waals surface area contributed by atoms with E-state index in [1.807, 2.05) is 0 Å². The highest BCUT2D eigenvalue weighted by atomic mass is 32.2. The topological polar surface area (TPSA) is 126 Å². The van der Waals surface area contributed by atoms with Crippen LogP contribution < -0.4 is 4.72 Å². The molecule has 0 aliphatic carbocycles. The lowest BCUT2D eigenvalue weighted by atomic mass is 10.2. The number of rotatable bonds is 6. The van der Waals surface area contributed by atoms with Gasteiger partial charge in [-0.2, -0.15) is 0 Å². The van der Waals surface area contributed by atoms with Crippen LogP contribution in [0.1, 0.15) is 20.9 Å². The van der Waals surface area contributed by atoms with E-state index in [9.17, 15) is 22.8 Å². The summed E-state index contributed by atoms with van der Waals surface area (Å²) in [6, 6.07) is 8.55. The average Bonchev–Trinajstić information content (AvgIpc) is 3.32. The van der Waals surface area contributed by atoms with Crippen LogP contribution >= 0.6 is 0 Å². The van der Waals surface area contributed by atoms with E-state index in [0.29, 0.717) is 26.2 Å². The number of hydrogen-bond acceptors (Lipinski definition) is 7. The number of esters is 1. The molecule has 2 amide bonds. The van der Waals surface area contributed by atoms with Gasteiger partial charge < -0.3 is 19.0 Å². The second-order valence-corrected chi connectivity index (χ2v) is 8.35. The summed E-state index contributed by atoms with van der Waals surface area (Å²) in [4.78, 5) is 39.8. The molecular formula is C19H21N3O7S. The van der Waals surface area contributed by atoms with Crippen molar-refractivity contribution in [2.45, 2.75) is 4.90 Å². The normalized spacial score (nSPS) is 14.4. The van der Waals surface area contributed by atoms with Crippen LogP contribution in [0.4, 0.5) is 0 Å². The van der Waals surface area contributed by atoms with E-state index in [4.69, 9.17) is 9.15 Å². The Morgan fingerprint density at radius 1 is 1.07 bits per heavy atom. The van der Waals surface area contributed by atoms with E-state index < -0.39 is 28.5 Å². The number of nitrogens with one attached hydrogen (secondary N) is 1. The van der Waals surface area contributed by atoms with Crippen LogP contribution in [0.3, 0.4) is 0 Å². The van der Waals surface area contributed by atoms with Crippen molar-refractivity contribution in [3.63, 3.8) is 0 Å². The van der Waals surface area contributed by atoms with Gasteiger partial charge in [0.2, 0.25) is 10.0 Å². The highest BCUT2D eigenvalue weighted by Gasteiger charge is 2.26. The summed E-state index contributed by atoms with van der Waals surface area (Å²) in [6.45, 7) is 0.803. The summed E-state index contributed by atoms with van der Waals surface area (Å²) in [5, 5.41) is 0. The van der Waals surface area contributed by atoms with Gasteiger partial charge in [0, 0.05) is 26.2 Å². The van der Waals surface area contributed by atoms with Crippen LogP contribution in [-0.4, -0.2) is 75.8 Å². The Labute approximate surface area is 173 Å². The van der Waals surface area contributed by atoms with Gasteiger partial charge in [-0.1, -0.05) is 6.07 Å². The first-order chi connectivity index (χ1) is 14.3. The zero-order chi connectivity index (χ0) is 21.7. The SMILES string of the molecule is CNS(=O)(=O)c1cccc(C(=O)OCC(=O)N2CCN(C(=O)c3ccco3)CC2)c1. The molecule has 1 saturated heterocycles. The summed E-state index contributed by atoms with van der Waals surface area (Å²) < 4.78 is 36.0. The standard InChI is InChI=1S/C19H21N3O7S/c1-20-30(26,27)15-5-2-4-14(12-15)19(25)29-13-17(23)21-7-9-22(10-8-21)18(24)16-6-3-11-28-16/h2-6,11-12,20H,7-10,13H2,1H3. The Balaban J connectivity index is 1.51. The van der Waals surface area contributed by atoms with Gasteiger partial charge in [0.1, 0.15) is 0 Å². The van der Waals surface area contributed by atoms with Gasteiger partial charge >= 0.3 is 5.97 Å². The van der Waals surface area contributed by atoms with Gasteiger partial charge in [0.25, 0.3) is 11.8 Å². The summed E-state index contributed by atoms with van der Waals surface area (Å²) in [5.74, 6) is -1.20. The summed E-state index contributed by atoms with van der Waals surface area (Å²) >= 11 is 0. The molecule has 3 rings (SSSR count). The third-order valence-corrected chi connectivity index (χ3v) is 6.04. The molecular weight excluding hydrogens is 414 g/mol. The first-order valence-corrected chi connectivity index (χ1v) is 10.6. The first kappa shape index (κ1) is 21.5. The van der Waals surface area contributed by atoms with Crippen LogP contribution in [0, 0.1) is 0 Å². The number of furan rings is 1. The molecule has 0 bridgehead atoms. The quantitative estimate of drug-likeness (QED) is 0.648. The third kappa shape index (κ3) is 4.86. The van der Waals surface area contributed by atoms with Gasteiger partial charge in [0.05, 0.1) is 16.7 Å². The van der Waals surface area contributed by atoms with Gasteiger partial charge in [-0.05, 0) is 37.4 Å². The zero-order valence-electron chi connectivity index (χ0n) is 16.2. The van der Waals surface area contributed by atoms with Crippen molar-refractivity contribution in [1.82, 2.24) is 14.5 Å². The molecule has 2 heterocycles. The van der Waals surface area contributed by atoms with Gasteiger partial charge in [-0.15, -0.1) is 0 Å². The van der Waals surface area contributed by atoms with Crippen molar-refractivity contribution in [2.75, 3.05) is 39.8 Å². The molecule has 2 aromatic rings. The van der Waals surface area contributed by atoms with Gasteiger partial charge in [0.15, 0.2) is 12.4 Å². The second-order valence-electron chi connectivity index (χ2n) is 6.46. The number of amides is 2. The maximum atomic E-state index is 12.3. The Kier molecular flexibility index (Phi) is 6.53. The molecule has 1 N–H and O–H groups in total. The Hall–Kier alpha value is -3.18. The number of carbonyl (C=O) groups excluding carboxylic acids is 3. The smallest absolute Gasteiger partial charge is 0.338 e. The lowest BCUT2D eigenvalue weighted by molar-refractivity contribution is -0.136. The van der Waals surface area contributed by atoms with Gasteiger partial charge in [-0.3, -0.25) is 9.59 Å². The number of carbonyl (C=O) groups is 3. The number of sulfonamides is 1. The van der Waals surface area contributed by atoms with Crippen molar-refractivity contribution >= 4 is 27.8 Å². The Bertz CT molecular complexity index is 1030. The molecule has 0 radical (unpaired) electrons. The third-order valence-electron chi connectivity index (χ3n) is 4.63. The van der Waals surface area contributed by atoms with Gasteiger partial charge in [-0.25, -0.2) is 17.9 Å². The van der Waals surface area contributed by atoms with E-state index in [-0.39, 0.29) is 22.1 Å². The maximum absolute atomic E-state index is 12.3. The van der Waals surface area contributed by atoms with Crippen molar-refractivity contribution < 1.29 is 32.0 Å². The molecule has 1 aromatic heterocycles. The maximum Gasteiger partial charge on any atom is 0.338 e. The van der Waals surface area contributed by atoms with E-state index in [1.165, 1.54) is 42.5 Å². The molecule has 11 heteroatoms. The lowest BCUT2D eigenvalue weighted by Crippen LogP contribution is -2.51. The van der Waals surface area contributed by atoms with Crippen LogP contribution in [-0.2, 0) is 19.6 Å². The van der Waals surface area contributed by atoms with E-state index >= 15 is 0 Å². The number of ether oxygens (including phenoxy) is 1. The molecule has 30 heavy (non-hydrogen) atoms. The number of nitrogens with zero attached hydrogens (tertiary/aromatic N) is 2. The fourth-order valence-electron chi connectivity index (χ4n) is 2.93. The Morgan fingerprint density at radius 2 is 1.77 bits per heavy atom. The van der Waals surface area contributed by atoms with Crippen LogP contribution in [0.15, 0.2) is 52.0 Å². The molecule has 0 atom stereocenters. The number of hydrogen-bond donors (Lipinski definition) is 1. The molecule has 1 aliphatic rings. The van der Waals surface area contributed by atoms with E-state index in [2.05, 4.69) is 4.72 Å². The summed E-state index contributed by atoms with van der Waals surface area (Å²) in [6.07, 6.45) is 1.42. The van der Waals surface area contributed by atoms with Crippen LogP contribution in [0.5, 0.6) is 0 Å². The van der Waals surface area contributed by atoms with Crippen LogP contribution in [0.2, 0.25) is 0 Å². The van der Waals surface area contributed by atoms with Crippen LogP contribution in [0.25, 0.3) is 0 Å². The molecule has 0 unspecified atom stereocenters. The largest absolute Gasteiger partial charge is 0.459 e. The number of piperazine rings is 1. The number of benzene rings is 1. The van der Waals surface area contributed by atoms with Crippen molar-refractivity contribution in [2.24, 2.45) is 0 Å². The highest BCUT2D eigenvalue weighted by molar-refractivity contribution is 7.89. The highest BCUT2D eigenvalue weighted by Crippen LogP contribution is 2.13. The molecule has 1 fully saturated rings.